The molecule has 7 heteroatoms. The van der Waals surface area contributed by atoms with Gasteiger partial charge in [-0.2, -0.15) is 18.2 Å². The van der Waals surface area contributed by atoms with Gasteiger partial charge in [0.1, 0.15) is 6.26 Å². The fraction of sp³-hybridized carbons (Fsp3) is 0.667. The van der Waals surface area contributed by atoms with Gasteiger partial charge in [-0.1, -0.05) is 6.92 Å². The van der Waals surface area contributed by atoms with E-state index in [-0.39, 0.29) is 6.08 Å². The van der Waals surface area contributed by atoms with E-state index in [0.29, 0.717) is 12.2 Å². The zero-order chi connectivity index (χ0) is 12.2. The van der Waals surface area contributed by atoms with Gasteiger partial charge in [-0.15, -0.1) is 0 Å². The van der Waals surface area contributed by atoms with E-state index < -0.39 is 12.3 Å². The highest BCUT2D eigenvalue weighted by atomic mass is 19.4. The van der Waals surface area contributed by atoms with Gasteiger partial charge in [-0.3, -0.25) is 0 Å². The highest BCUT2D eigenvalue weighted by Gasteiger charge is 2.39. The van der Waals surface area contributed by atoms with Gasteiger partial charge in [-0.25, -0.2) is 0 Å². The summed E-state index contributed by atoms with van der Waals surface area (Å²) in [5.41, 5.74) is 0.506. The summed E-state index contributed by atoms with van der Waals surface area (Å²) in [6, 6.07) is 0. The molecule has 0 bridgehead atoms. The molecule has 0 aliphatic carbocycles. The van der Waals surface area contributed by atoms with Gasteiger partial charge in [0.05, 0.1) is 5.69 Å². The van der Waals surface area contributed by atoms with E-state index in [1.807, 2.05) is 6.92 Å². The Balaban J connectivity index is 2.52. The van der Waals surface area contributed by atoms with Crippen LogP contribution >= 0.6 is 0 Å². The topological polar surface area (TPSA) is 47.3 Å². The molecule has 1 aromatic heterocycles. The van der Waals surface area contributed by atoms with Crippen molar-refractivity contribution in [3.05, 3.63) is 12.0 Å². The minimum absolute atomic E-state index is 0.363. The van der Waals surface area contributed by atoms with Gasteiger partial charge in [0, 0.05) is 6.54 Å². The molecule has 0 aromatic carbocycles. The molecule has 0 aliphatic rings. The quantitative estimate of drug-likeness (QED) is 0.853. The molecule has 1 unspecified atom stereocenters. The number of rotatable bonds is 5. The van der Waals surface area contributed by atoms with Crippen LogP contribution in [0.5, 0.6) is 6.08 Å². The largest absolute Gasteiger partial charge is 0.437 e. The van der Waals surface area contributed by atoms with Crippen molar-refractivity contribution < 1.29 is 22.3 Å². The van der Waals surface area contributed by atoms with Gasteiger partial charge in [0.2, 0.25) is 0 Å². The zero-order valence-electron chi connectivity index (χ0n) is 8.97. The van der Waals surface area contributed by atoms with Crippen molar-refractivity contribution in [3.63, 3.8) is 0 Å². The maximum atomic E-state index is 12.1. The van der Waals surface area contributed by atoms with Gasteiger partial charge >= 0.3 is 12.3 Å². The predicted octanol–water partition coefficient (Wildman–Crippen LogP) is 2.11. The Morgan fingerprint density at radius 3 is 2.81 bits per heavy atom. The number of hydrogen-bond acceptors (Lipinski definition) is 4. The highest BCUT2D eigenvalue weighted by Crippen LogP contribution is 2.24. The monoisotopic (exact) mass is 238 g/mol. The Kier molecular flexibility index (Phi) is 4.17. The number of ether oxygens (including phenoxy) is 1. The Morgan fingerprint density at radius 1 is 1.56 bits per heavy atom. The van der Waals surface area contributed by atoms with E-state index in [2.05, 4.69) is 15.0 Å². The molecule has 16 heavy (non-hydrogen) atoms. The Morgan fingerprint density at radius 2 is 2.25 bits per heavy atom. The third-order valence-electron chi connectivity index (χ3n) is 1.83. The minimum atomic E-state index is -4.42. The van der Waals surface area contributed by atoms with Crippen molar-refractivity contribution in [3.8, 4) is 6.08 Å². The van der Waals surface area contributed by atoms with Crippen molar-refractivity contribution in [2.75, 3.05) is 6.54 Å². The van der Waals surface area contributed by atoms with E-state index in [1.54, 1.807) is 0 Å². The second-order valence-corrected chi connectivity index (χ2v) is 3.19. The van der Waals surface area contributed by atoms with Crippen LogP contribution < -0.4 is 10.1 Å². The summed E-state index contributed by atoms with van der Waals surface area (Å²) in [4.78, 5) is 3.75. The summed E-state index contributed by atoms with van der Waals surface area (Å²) in [5.74, 6) is 0. The first kappa shape index (κ1) is 12.8. The van der Waals surface area contributed by atoms with Crippen molar-refractivity contribution in [2.45, 2.75) is 32.7 Å². The molecule has 0 radical (unpaired) electrons. The molecule has 4 nitrogen and oxygen atoms in total. The summed E-state index contributed by atoms with van der Waals surface area (Å²) in [5, 5.41) is 2.96. The van der Waals surface area contributed by atoms with Crippen molar-refractivity contribution in [2.24, 2.45) is 0 Å². The number of oxazole rings is 1. The molecule has 0 saturated carbocycles. The van der Waals surface area contributed by atoms with E-state index in [1.165, 1.54) is 6.26 Å². The lowest BCUT2D eigenvalue weighted by Gasteiger charge is -2.14. The maximum Gasteiger partial charge on any atom is 0.425 e. The summed E-state index contributed by atoms with van der Waals surface area (Å²) >= 11 is 0. The molecular formula is C9H13F3N2O2. The molecule has 0 fully saturated rings. The molecule has 92 valence electrons. The van der Waals surface area contributed by atoms with Gasteiger partial charge in [0.15, 0.2) is 6.10 Å². The molecule has 1 rings (SSSR count). The SMILES string of the molecule is CCNCc1coc(OC(C)C(F)(F)F)n1. The van der Waals surface area contributed by atoms with Crippen LogP contribution in [0.15, 0.2) is 10.7 Å². The maximum absolute atomic E-state index is 12.1. The molecule has 1 aromatic rings. The van der Waals surface area contributed by atoms with Crippen LogP contribution in [0.2, 0.25) is 0 Å². The lowest BCUT2D eigenvalue weighted by molar-refractivity contribution is -0.193. The molecule has 1 atom stereocenters. The molecule has 0 amide bonds. The van der Waals surface area contributed by atoms with E-state index in [0.717, 1.165) is 13.5 Å². The molecular weight excluding hydrogens is 225 g/mol. The number of hydrogen-bond donors (Lipinski definition) is 1. The van der Waals surface area contributed by atoms with Crippen molar-refractivity contribution >= 4 is 0 Å². The normalized spacial score (nSPS) is 13.8. The van der Waals surface area contributed by atoms with Crippen LogP contribution in [-0.2, 0) is 6.54 Å². The zero-order valence-corrected chi connectivity index (χ0v) is 8.97. The Labute approximate surface area is 90.8 Å². The van der Waals surface area contributed by atoms with Crippen LogP contribution in [0.25, 0.3) is 0 Å². The first-order chi connectivity index (χ1) is 7.43. The fourth-order valence-corrected chi connectivity index (χ4v) is 0.895. The standard InChI is InChI=1S/C9H13F3N2O2/c1-3-13-4-7-5-15-8(14-7)16-6(2)9(10,11)12/h5-6,13H,3-4H2,1-2H3. The summed E-state index contributed by atoms with van der Waals surface area (Å²) < 4.78 is 45.7. The second kappa shape index (κ2) is 5.20. The van der Waals surface area contributed by atoms with Gasteiger partial charge in [0.25, 0.3) is 0 Å². The number of aromatic nitrogens is 1. The minimum Gasteiger partial charge on any atom is -0.437 e. The Hall–Kier alpha value is -1.24. The number of alkyl halides is 3. The molecule has 1 heterocycles. The number of nitrogens with zero attached hydrogens (tertiary/aromatic N) is 1. The molecule has 0 aliphatic heterocycles. The van der Waals surface area contributed by atoms with Crippen molar-refractivity contribution in [1.29, 1.82) is 0 Å². The van der Waals surface area contributed by atoms with Crippen LogP contribution in [-0.4, -0.2) is 23.8 Å². The van der Waals surface area contributed by atoms with Crippen LogP contribution in [0, 0.1) is 0 Å². The van der Waals surface area contributed by atoms with E-state index in [4.69, 9.17) is 4.42 Å². The number of nitrogens with one attached hydrogen (secondary N) is 1. The Bertz CT molecular complexity index is 325. The first-order valence-electron chi connectivity index (χ1n) is 4.82. The second-order valence-electron chi connectivity index (χ2n) is 3.19. The van der Waals surface area contributed by atoms with E-state index >= 15 is 0 Å². The first-order valence-corrected chi connectivity index (χ1v) is 4.82. The van der Waals surface area contributed by atoms with Crippen LogP contribution in [0.3, 0.4) is 0 Å². The third-order valence-corrected chi connectivity index (χ3v) is 1.83. The van der Waals surface area contributed by atoms with Gasteiger partial charge in [-0.05, 0) is 13.5 Å². The molecule has 0 spiro atoms. The van der Waals surface area contributed by atoms with Crippen LogP contribution in [0.1, 0.15) is 19.5 Å². The average molecular weight is 238 g/mol. The smallest absolute Gasteiger partial charge is 0.425 e. The fourth-order valence-electron chi connectivity index (χ4n) is 0.895. The third kappa shape index (κ3) is 3.73. The predicted molar refractivity (Wildman–Crippen MR) is 50.0 cm³/mol. The number of halogens is 3. The van der Waals surface area contributed by atoms with Gasteiger partial charge < -0.3 is 14.5 Å². The lowest BCUT2D eigenvalue weighted by atomic mass is 10.4. The average Bonchev–Trinajstić information content (AvgIpc) is 2.61. The van der Waals surface area contributed by atoms with Crippen LogP contribution in [0.4, 0.5) is 13.2 Å². The molecule has 1 N–H and O–H groups in total. The molecule has 0 saturated heterocycles. The van der Waals surface area contributed by atoms with Crippen molar-refractivity contribution in [1.82, 2.24) is 10.3 Å². The summed E-state index contributed by atoms with van der Waals surface area (Å²) in [7, 11) is 0. The van der Waals surface area contributed by atoms with E-state index in [9.17, 15) is 13.2 Å². The lowest BCUT2D eigenvalue weighted by Crippen LogP contribution is -2.31. The highest BCUT2D eigenvalue weighted by molar-refractivity contribution is 5.00. The summed E-state index contributed by atoms with van der Waals surface area (Å²) in [6.07, 6.45) is -5.45. The summed E-state index contributed by atoms with van der Waals surface area (Å²) in [6.45, 7) is 3.98.